The molecule has 1 atom stereocenters. The number of nitrogens with one attached hydrogen (secondary N) is 1. The molecule has 0 aromatic carbocycles. The summed E-state index contributed by atoms with van der Waals surface area (Å²) in [6.45, 7) is 4.33. The van der Waals surface area contributed by atoms with Gasteiger partial charge in [-0.1, -0.05) is 11.6 Å². The zero-order chi connectivity index (χ0) is 12.0. The van der Waals surface area contributed by atoms with Crippen LogP contribution in [0, 0.1) is 0 Å². The molecule has 1 rings (SSSR count). The molecule has 0 aliphatic heterocycles. The first-order valence-corrected chi connectivity index (χ1v) is 5.14. The molecule has 0 aliphatic carbocycles. The maximum atomic E-state index is 10.4. The van der Waals surface area contributed by atoms with Gasteiger partial charge in [0.15, 0.2) is 0 Å². The third kappa shape index (κ3) is 4.23. The van der Waals surface area contributed by atoms with Gasteiger partial charge >= 0.3 is 5.97 Å². The molecule has 0 amide bonds. The van der Waals surface area contributed by atoms with E-state index in [0.29, 0.717) is 6.54 Å². The van der Waals surface area contributed by atoms with E-state index in [1.165, 1.54) is 6.08 Å². The zero-order valence-electron chi connectivity index (χ0n) is 9.47. The molecule has 86 valence electrons. The minimum Gasteiger partial charge on any atom is -0.478 e. The van der Waals surface area contributed by atoms with E-state index in [4.69, 9.17) is 5.11 Å². The van der Waals surface area contributed by atoms with Gasteiger partial charge in [0.05, 0.1) is 5.69 Å². The van der Waals surface area contributed by atoms with Crippen molar-refractivity contribution in [2.45, 2.75) is 19.9 Å². The van der Waals surface area contributed by atoms with Gasteiger partial charge in [0.1, 0.15) is 0 Å². The normalized spacial score (nSPS) is 13.5. The van der Waals surface area contributed by atoms with E-state index in [1.807, 2.05) is 25.1 Å². The Morgan fingerprint density at radius 1 is 1.62 bits per heavy atom. The van der Waals surface area contributed by atoms with Crippen LogP contribution >= 0.6 is 0 Å². The maximum absolute atomic E-state index is 10.4. The summed E-state index contributed by atoms with van der Waals surface area (Å²) in [5.74, 6) is -0.912. The topological polar surface area (TPSA) is 62.2 Å². The highest BCUT2D eigenvalue weighted by molar-refractivity contribution is 5.80. The van der Waals surface area contributed by atoms with Gasteiger partial charge in [0, 0.05) is 24.9 Å². The van der Waals surface area contributed by atoms with Crippen molar-refractivity contribution < 1.29 is 9.90 Å². The number of nitrogens with zero attached hydrogens (tertiary/aromatic N) is 1. The minimum atomic E-state index is -0.912. The third-order valence-corrected chi connectivity index (χ3v) is 2.19. The van der Waals surface area contributed by atoms with E-state index in [2.05, 4.69) is 10.3 Å². The van der Waals surface area contributed by atoms with Gasteiger partial charge < -0.3 is 10.4 Å². The van der Waals surface area contributed by atoms with Crippen molar-refractivity contribution in [3.05, 3.63) is 41.7 Å². The SMILES string of the molecule is C/C(=C\C(=O)O)CN[C@@H](C)c1ccccn1. The lowest BCUT2D eigenvalue weighted by atomic mass is 10.2. The first-order valence-electron chi connectivity index (χ1n) is 5.14. The molecule has 4 heteroatoms. The van der Waals surface area contributed by atoms with Crippen molar-refractivity contribution in [1.29, 1.82) is 0 Å². The lowest BCUT2D eigenvalue weighted by Gasteiger charge is -2.12. The Morgan fingerprint density at radius 2 is 2.38 bits per heavy atom. The summed E-state index contributed by atoms with van der Waals surface area (Å²) in [7, 11) is 0. The number of carbonyl (C=O) groups is 1. The first kappa shape index (κ1) is 12.4. The molecule has 0 spiro atoms. The van der Waals surface area contributed by atoms with Crippen LogP contribution in [0.5, 0.6) is 0 Å². The summed E-state index contributed by atoms with van der Waals surface area (Å²) >= 11 is 0. The zero-order valence-corrected chi connectivity index (χ0v) is 9.47. The summed E-state index contributed by atoms with van der Waals surface area (Å²) in [6, 6.07) is 5.85. The summed E-state index contributed by atoms with van der Waals surface area (Å²) in [5, 5.41) is 11.8. The van der Waals surface area contributed by atoms with Crippen LogP contribution in [-0.2, 0) is 4.79 Å². The van der Waals surface area contributed by atoms with Crippen LogP contribution < -0.4 is 5.32 Å². The molecule has 0 bridgehead atoms. The highest BCUT2D eigenvalue weighted by Gasteiger charge is 2.05. The van der Waals surface area contributed by atoms with E-state index in [-0.39, 0.29) is 6.04 Å². The summed E-state index contributed by atoms with van der Waals surface area (Å²) in [6.07, 6.45) is 2.95. The second-order valence-electron chi connectivity index (χ2n) is 3.69. The van der Waals surface area contributed by atoms with Gasteiger partial charge in [-0.3, -0.25) is 4.98 Å². The average Bonchev–Trinajstić information content (AvgIpc) is 2.26. The number of hydrogen-bond acceptors (Lipinski definition) is 3. The molecule has 2 N–H and O–H groups in total. The fraction of sp³-hybridized carbons (Fsp3) is 0.333. The van der Waals surface area contributed by atoms with Crippen LogP contribution in [0.1, 0.15) is 25.6 Å². The van der Waals surface area contributed by atoms with Crippen molar-refractivity contribution in [2.24, 2.45) is 0 Å². The quantitative estimate of drug-likeness (QED) is 0.742. The van der Waals surface area contributed by atoms with Gasteiger partial charge in [0.2, 0.25) is 0 Å². The van der Waals surface area contributed by atoms with Crippen molar-refractivity contribution in [3.8, 4) is 0 Å². The summed E-state index contributed by atoms with van der Waals surface area (Å²) in [5.41, 5.74) is 1.74. The van der Waals surface area contributed by atoms with Crippen LogP contribution in [0.15, 0.2) is 36.0 Å². The van der Waals surface area contributed by atoms with E-state index < -0.39 is 5.97 Å². The van der Waals surface area contributed by atoms with E-state index in [0.717, 1.165) is 11.3 Å². The highest BCUT2D eigenvalue weighted by Crippen LogP contribution is 2.07. The largest absolute Gasteiger partial charge is 0.478 e. The molecule has 0 saturated carbocycles. The van der Waals surface area contributed by atoms with Crippen molar-refractivity contribution in [2.75, 3.05) is 6.54 Å². The summed E-state index contributed by atoms with van der Waals surface area (Å²) < 4.78 is 0. The van der Waals surface area contributed by atoms with Crippen LogP contribution in [0.25, 0.3) is 0 Å². The van der Waals surface area contributed by atoms with Gasteiger partial charge in [-0.05, 0) is 26.0 Å². The third-order valence-electron chi connectivity index (χ3n) is 2.19. The van der Waals surface area contributed by atoms with Crippen molar-refractivity contribution >= 4 is 5.97 Å². The lowest BCUT2D eigenvalue weighted by Crippen LogP contribution is -2.21. The minimum absolute atomic E-state index is 0.110. The predicted molar refractivity (Wildman–Crippen MR) is 62.0 cm³/mol. The van der Waals surface area contributed by atoms with Gasteiger partial charge in [-0.25, -0.2) is 4.79 Å². The second-order valence-corrected chi connectivity index (χ2v) is 3.69. The number of carboxylic acids is 1. The molecule has 0 aliphatic rings. The molecule has 0 saturated heterocycles. The number of pyridine rings is 1. The molecule has 0 radical (unpaired) electrons. The molecule has 0 unspecified atom stereocenters. The van der Waals surface area contributed by atoms with E-state index in [1.54, 1.807) is 13.1 Å². The number of rotatable bonds is 5. The molecule has 1 heterocycles. The Labute approximate surface area is 95.0 Å². The average molecular weight is 220 g/mol. The Kier molecular flexibility index (Phi) is 4.66. The second kappa shape index (κ2) is 6.02. The lowest BCUT2D eigenvalue weighted by molar-refractivity contribution is -0.131. The van der Waals surface area contributed by atoms with Crippen molar-refractivity contribution in [1.82, 2.24) is 10.3 Å². The molecule has 1 aromatic rings. The van der Waals surface area contributed by atoms with Crippen LogP contribution in [0.4, 0.5) is 0 Å². The Hall–Kier alpha value is -1.68. The molecule has 0 fully saturated rings. The fourth-order valence-electron chi connectivity index (χ4n) is 1.31. The predicted octanol–water partition coefficient (Wildman–Crippen LogP) is 1.76. The monoisotopic (exact) mass is 220 g/mol. The number of carboxylic acid groups (broad SMARTS) is 1. The number of aromatic nitrogens is 1. The smallest absolute Gasteiger partial charge is 0.328 e. The standard InChI is InChI=1S/C12H16N2O2/c1-9(7-12(15)16)8-14-10(2)11-5-3-4-6-13-11/h3-7,10,14H,8H2,1-2H3,(H,15,16)/b9-7+/t10-/m0/s1. The Balaban J connectivity index is 2.48. The molecular formula is C12H16N2O2. The maximum Gasteiger partial charge on any atom is 0.328 e. The first-order chi connectivity index (χ1) is 7.59. The fourth-order valence-corrected chi connectivity index (χ4v) is 1.31. The van der Waals surface area contributed by atoms with Gasteiger partial charge in [0.25, 0.3) is 0 Å². The molecular weight excluding hydrogens is 204 g/mol. The van der Waals surface area contributed by atoms with E-state index >= 15 is 0 Å². The van der Waals surface area contributed by atoms with Crippen LogP contribution in [-0.4, -0.2) is 22.6 Å². The summed E-state index contributed by atoms with van der Waals surface area (Å²) in [4.78, 5) is 14.6. The van der Waals surface area contributed by atoms with Gasteiger partial charge in [-0.15, -0.1) is 0 Å². The van der Waals surface area contributed by atoms with E-state index in [9.17, 15) is 4.79 Å². The van der Waals surface area contributed by atoms with Crippen LogP contribution in [0.2, 0.25) is 0 Å². The molecule has 1 aromatic heterocycles. The number of hydrogen-bond donors (Lipinski definition) is 2. The van der Waals surface area contributed by atoms with Crippen LogP contribution in [0.3, 0.4) is 0 Å². The molecule has 4 nitrogen and oxygen atoms in total. The molecule has 16 heavy (non-hydrogen) atoms. The Morgan fingerprint density at radius 3 is 2.94 bits per heavy atom. The highest BCUT2D eigenvalue weighted by atomic mass is 16.4. The Bertz CT molecular complexity index is 374. The van der Waals surface area contributed by atoms with Gasteiger partial charge in [-0.2, -0.15) is 0 Å². The van der Waals surface area contributed by atoms with Crippen molar-refractivity contribution in [3.63, 3.8) is 0 Å². The number of aliphatic carboxylic acids is 1.